The van der Waals surface area contributed by atoms with Crippen molar-refractivity contribution in [2.75, 3.05) is 6.61 Å². The van der Waals surface area contributed by atoms with Crippen LogP contribution in [-0.4, -0.2) is 17.5 Å². The largest absolute Gasteiger partial charge is 0.503 e. The van der Waals surface area contributed by atoms with E-state index in [1.165, 1.54) is 12.8 Å². The second-order valence-electron chi connectivity index (χ2n) is 6.98. The van der Waals surface area contributed by atoms with Gasteiger partial charge in [-0.05, 0) is 43.0 Å². The maximum atomic E-state index is 14.0. The lowest BCUT2D eigenvalue weighted by Gasteiger charge is -2.24. The average Bonchev–Trinajstić information content (AvgIpc) is 2.68. The molecule has 0 amide bonds. The van der Waals surface area contributed by atoms with E-state index in [1.807, 2.05) is 24.3 Å². The normalized spacial score (nSPS) is 16.3. The molecule has 3 rings (SSSR count). The highest BCUT2D eigenvalue weighted by atomic mass is 19.1. The zero-order valence-electron chi connectivity index (χ0n) is 15.4. The second kappa shape index (κ2) is 8.51. The molecule has 0 saturated heterocycles. The van der Waals surface area contributed by atoms with Gasteiger partial charge >= 0.3 is 0 Å². The maximum absolute atomic E-state index is 14.0. The van der Waals surface area contributed by atoms with Crippen molar-refractivity contribution in [3.05, 3.63) is 58.7 Å². The topological polar surface area (TPSA) is 46.5 Å². The molecule has 144 valence electrons. The van der Waals surface area contributed by atoms with Crippen LogP contribution in [0.1, 0.15) is 66.4 Å². The number of benzene rings is 2. The number of Topliss-reactive ketones (excluding diaryl/α,β-unsaturated/α-hetero) is 1. The van der Waals surface area contributed by atoms with Gasteiger partial charge in [-0.15, -0.1) is 0 Å². The first-order valence-corrected chi connectivity index (χ1v) is 9.49. The Morgan fingerprint density at radius 2 is 1.89 bits per heavy atom. The molecule has 0 fully saturated rings. The van der Waals surface area contributed by atoms with Crippen molar-refractivity contribution >= 4 is 5.78 Å². The van der Waals surface area contributed by atoms with Crippen LogP contribution >= 0.6 is 0 Å². The van der Waals surface area contributed by atoms with Crippen molar-refractivity contribution in [1.82, 2.24) is 0 Å². The number of fused-ring (bicyclic) bond motifs is 1. The molecule has 0 bridgehead atoms. The fourth-order valence-electron chi connectivity index (χ4n) is 3.55. The molecular formula is C22H24F2O3. The van der Waals surface area contributed by atoms with Crippen LogP contribution in [-0.2, 0) is 6.42 Å². The predicted molar refractivity (Wildman–Crippen MR) is 99.5 cm³/mol. The molecule has 2 aromatic carbocycles. The molecule has 2 aromatic rings. The molecule has 3 nitrogen and oxygen atoms in total. The summed E-state index contributed by atoms with van der Waals surface area (Å²) < 4.78 is 33.4. The van der Waals surface area contributed by atoms with Gasteiger partial charge in [-0.3, -0.25) is 4.79 Å². The number of hydrogen-bond acceptors (Lipinski definition) is 3. The quantitative estimate of drug-likeness (QED) is 0.647. The Morgan fingerprint density at radius 1 is 1.15 bits per heavy atom. The summed E-state index contributed by atoms with van der Waals surface area (Å²) in [5.74, 6) is -3.15. The highest BCUT2D eigenvalue weighted by Crippen LogP contribution is 2.37. The summed E-state index contributed by atoms with van der Waals surface area (Å²) in [6.07, 6.45) is 5.24. The van der Waals surface area contributed by atoms with E-state index in [0.29, 0.717) is 13.0 Å². The number of carbonyl (C=O) groups is 1. The number of ether oxygens (including phenoxy) is 1. The first kappa shape index (κ1) is 19.3. The van der Waals surface area contributed by atoms with Gasteiger partial charge in [-0.2, -0.15) is 0 Å². The van der Waals surface area contributed by atoms with E-state index < -0.39 is 23.3 Å². The zero-order valence-corrected chi connectivity index (χ0v) is 15.4. The van der Waals surface area contributed by atoms with Gasteiger partial charge in [0.2, 0.25) is 0 Å². The number of aromatic hydroxyl groups is 1. The fraction of sp³-hybridized carbons (Fsp3) is 0.409. The summed E-state index contributed by atoms with van der Waals surface area (Å²) in [5.41, 5.74) is 0.926. The molecule has 0 spiro atoms. The van der Waals surface area contributed by atoms with E-state index in [9.17, 15) is 18.7 Å². The molecular weight excluding hydrogens is 350 g/mol. The lowest BCUT2D eigenvalue weighted by atomic mass is 9.79. The number of phenolic OH excluding ortho intramolecular Hbond substituents is 1. The van der Waals surface area contributed by atoms with Gasteiger partial charge in [0.15, 0.2) is 23.2 Å². The number of ketones is 1. The average molecular weight is 374 g/mol. The van der Waals surface area contributed by atoms with Crippen LogP contribution in [0.3, 0.4) is 0 Å². The summed E-state index contributed by atoms with van der Waals surface area (Å²) in [7, 11) is 0. The third kappa shape index (κ3) is 4.12. The van der Waals surface area contributed by atoms with Gasteiger partial charge in [0.05, 0.1) is 6.61 Å². The monoisotopic (exact) mass is 374 g/mol. The standard InChI is InChI=1S/C22H24F2O3/c1-2-3-4-5-12-27-15-8-6-14(7-9-15)16-10-11-17-18(21(16)25)13-19(23)22(26)20(17)24/h6-9,13,16,26H,2-5,10-12H2,1H3. The van der Waals surface area contributed by atoms with E-state index >= 15 is 0 Å². The third-order valence-corrected chi connectivity index (χ3v) is 5.11. The van der Waals surface area contributed by atoms with Crippen molar-refractivity contribution in [2.45, 2.75) is 51.4 Å². The molecule has 0 aromatic heterocycles. The summed E-state index contributed by atoms with van der Waals surface area (Å²) in [4.78, 5) is 12.7. The van der Waals surface area contributed by atoms with Crippen LogP contribution in [0, 0.1) is 11.6 Å². The zero-order chi connectivity index (χ0) is 19.4. The Hall–Kier alpha value is -2.43. The van der Waals surface area contributed by atoms with Crippen LogP contribution in [0.4, 0.5) is 8.78 Å². The molecule has 27 heavy (non-hydrogen) atoms. The summed E-state index contributed by atoms with van der Waals surface area (Å²) in [6, 6.07) is 8.27. The smallest absolute Gasteiger partial charge is 0.188 e. The minimum atomic E-state index is -1.10. The molecule has 0 aliphatic heterocycles. The van der Waals surface area contributed by atoms with Gasteiger partial charge in [0.25, 0.3) is 0 Å². The third-order valence-electron chi connectivity index (χ3n) is 5.11. The van der Waals surface area contributed by atoms with Gasteiger partial charge < -0.3 is 9.84 Å². The number of carbonyl (C=O) groups excluding carboxylic acids is 1. The Labute approximate surface area is 158 Å². The fourth-order valence-corrected chi connectivity index (χ4v) is 3.55. The number of halogens is 2. The van der Waals surface area contributed by atoms with Crippen molar-refractivity contribution in [1.29, 1.82) is 0 Å². The SMILES string of the molecule is CCCCCCOc1ccc(C2CCc3c(cc(F)c(O)c3F)C2=O)cc1. The highest BCUT2D eigenvalue weighted by molar-refractivity contribution is 6.03. The minimum absolute atomic E-state index is 0.0234. The minimum Gasteiger partial charge on any atom is -0.503 e. The molecule has 1 unspecified atom stereocenters. The number of phenols is 1. The van der Waals surface area contributed by atoms with E-state index in [4.69, 9.17) is 4.74 Å². The molecule has 5 heteroatoms. The van der Waals surface area contributed by atoms with E-state index in [2.05, 4.69) is 6.92 Å². The van der Waals surface area contributed by atoms with E-state index in [1.54, 1.807) is 0 Å². The molecule has 1 aliphatic rings. The van der Waals surface area contributed by atoms with Crippen molar-refractivity contribution in [3.63, 3.8) is 0 Å². The maximum Gasteiger partial charge on any atom is 0.188 e. The molecule has 1 atom stereocenters. The number of hydrogen-bond donors (Lipinski definition) is 1. The van der Waals surface area contributed by atoms with Crippen molar-refractivity contribution in [3.8, 4) is 11.5 Å². The van der Waals surface area contributed by atoms with Crippen molar-refractivity contribution in [2.24, 2.45) is 0 Å². The van der Waals surface area contributed by atoms with Gasteiger partial charge in [-0.25, -0.2) is 8.78 Å². The van der Waals surface area contributed by atoms with Gasteiger partial charge in [-0.1, -0.05) is 38.3 Å². The Balaban J connectivity index is 1.70. The van der Waals surface area contributed by atoms with Crippen LogP contribution in [0.25, 0.3) is 0 Å². The van der Waals surface area contributed by atoms with Crippen LogP contribution in [0.5, 0.6) is 11.5 Å². The summed E-state index contributed by atoms with van der Waals surface area (Å²) >= 11 is 0. The Kier molecular flexibility index (Phi) is 6.09. The Morgan fingerprint density at radius 3 is 2.59 bits per heavy atom. The highest BCUT2D eigenvalue weighted by Gasteiger charge is 2.32. The van der Waals surface area contributed by atoms with Gasteiger partial charge in [0, 0.05) is 17.0 Å². The molecule has 0 saturated carbocycles. The molecule has 1 N–H and O–H groups in total. The first-order valence-electron chi connectivity index (χ1n) is 9.49. The number of rotatable bonds is 7. The molecule has 0 heterocycles. The summed E-state index contributed by atoms with van der Waals surface area (Å²) in [6.45, 7) is 2.83. The first-order chi connectivity index (χ1) is 13.0. The van der Waals surface area contributed by atoms with E-state index in [0.717, 1.165) is 30.2 Å². The lowest BCUT2D eigenvalue weighted by molar-refractivity contribution is 0.0944. The van der Waals surface area contributed by atoms with Gasteiger partial charge in [0.1, 0.15) is 5.75 Å². The van der Waals surface area contributed by atoms with E-state index in [-0.39, 0.29) is 23.3 Å². The van der Waals surface area contributed by atoms with Crippen molar-refractivity contribution < 1.29 is 23.4 Å². The number of unbranched alkanes of at least 4 members (excludes halogenated alkanes) is 3. The molecule has 1 aliphatic carbocycles. The Bertz CT molecular complexity index is 815. The van der Waals surface area contributed by atoms with Crippen LogP contribution < -0.4 is 4.74 Å². The molecule has 0 radical (unpaired) electrons. The van der Waals surface area contributed by atoms with Crippen LogP contribution in [0.2, 0.25) is 0 Å². The van der Waals surface area contributed by atoms with Crippen LogP contribution in [0.15, 0.2) is 30.3 Å². The predicted octanol–water partition coefficient (Wildman–Crippen LogP) is 5.54. The second-order valence-corrected chi connectivity index (χ2v) is 6.98. The lowest BCUT2D eigenvalue weighted by Crippen LogP contribution is -2.22. The summed E-state index contributed by atoms with van der Waals surface area (Å²) in [5, 5.41) is 9.41.